The third-order valence-electron chi connectivity index (χ3n) is 6.09. The molecule has 0 aliphatic carbocycles. The number of benzene rings is 3. The van der Waals surface area contributed by atoms with E-state index in [0.717, 1.165) is 16.7 Å². The summed E-state index contributed by atoms with van der Waals surface area (Å²) < 4.78 is 5.52. The van der Waals surface area contributed by atoms with Gasteiger partial charge in [-0.3, -0.25) is 14.5 Å². The van der Waals surface area contributed by atoms with Gasteiger partial charge in [-0.05, 0) is 34.4 Å². The van der Waals surface area contributed by atoms with Gasteiger partial charge in [0.2, 0.25) is 11.8 Å². The van der Waals surface area contributed by atoms with Gasteiger partial charge in [0.25, 0.3) is 0 Å². The summed E-state index contributed by atoms with van der Waals surface area (Å²) in [5.41, 5.74) is 8.91. The molecule has 0 saturated carbocycles. The van der Waals surface area contributed by atoms with Crippen molar-refractivity contribution in [3.8, 4) is 0 Å². The fourth-order valence-corrected chi connectivity index (χ4v) is 4.63. The highest BCUT2D eigenvalue weighted by atomic mass is 35.5. The Hall–Kier alpha value is -3.55. The van der Waals surface area contributed by atoms with Crippen LogP contribution in [0.1, 0.15) is 22.3 Å². The Morgan fingerprint density at radius 2 is 1.69 bits per heavy atom. The minimum absolute atomic E-state index is 0.0745. The minimum Gasteiger partial charge on any atom is -0.445 e. The van der Waals surface area contributed by atoms with Gasteiger partial charge in [-0.15, -0.1) is 0 Å². The third-order valence-corrected chi connectivity index (χ3v) is 6.68. The standard InChI is InChI=1S/C27H25Cl2N3O4/c28-21-11-10-19(22(29)14-21)12-23(25(30)33)31-26(34)24-13-18-8-4-5-9-20(18)15-32(24)27(35)36-16-17-6-2-1-3-7-17/h1-11,14,23-24H,12-13,15-16H2,(H2,30,33)(H,31,34)/t23-,24+/m1/s1. The molecule has 7 nitrogen and oxygen atoms in total. The van der Waals surface area contributed by atoms with Crippen LogP contribution in [0.15, 0.2) is 72.8 Å². The molecule has 3 aromatic carbocycles. The van der Waals surface area contributed by atoms with E-state index in [9.17, 15) is 14.4 Å². The summed E-state index contributed by atoms with van der Waals surface area (Å²) in [5, 5.41) is 3.53. The summed E-state index contributed by atoms with van der Waals surface area (Å²) in [6, 6.07) is 19.8. The molecule has 4 rings (SSSR count). The minimum atomic E-state index is -1.03. The second kappa shape index (κ2) is 11.5. The van der Waals surface area contributed by atoms with Gasteiger partial charge in [-0.25, -0.2) is 4.79 Å². The number of nitrogens with two attached hydrogens (primary N) is 1. The molecule has 1 aliphatic heterocycles. The fourth-order valence-electron chi connectivity index (χ4n) is 4.15. The lowest BCUT2D eigenvalue weighted by Crippen LogP contribution is -2.56. The molecule has 9 heteroatoms. The molecule has 0 aromatic heterocycles. The van der Waals surface area contributed by atoms with Crippen molar-refractivity contribution in [2.75, 3.05) is 0 Å². The van der Waals surface area contributed by atoms with Crippen LogP contribution >= 0.6 is 23.2 Å². The molecule has 2 atom stereocenters. The summed E-state index contributed by atoms with van der Waals surface area (Å²) in [5.74, 6) is -1.22. The smallest absolute Gasteiger partial charge is 0.411 e. The lowest BCUT2D eigenvalue weighted by atomic mass is 9.93. The number of ether oxygens (including phenoxy) is 1. The van der Waals surface area contributed by atoms with Gasteiger partial charge in [0, 0.05) is 22.9 Å². The summed E-state index contributed by atoms with van der Waals surface area (Å²) in [7, 11) is 0. The number of carbonyl (C=O) groups is 3. The first-order chi connectivity index (χ1) is 17.3. The van der Waals surface area contributed by atoms with Crippen LogP contribution in [0, 0.1) is 0 Å². The van der Waals surface area contributed by atoms with Crippen molar-refractivity contribution in [1.29, 1.82) is 0 Å². The predicted molar refractivity (Wildman–Crippen MR) is 137 cm³/mol. The van der Waals surface area contributed by atoms with Crippen LogP contribution < -0.4 is 11.1 Å². The zero-order valence-electron chi connectivity index (χ0n) is 19.3. The van der Waals surface area contributed by atoms with Gasteiger partial charge in [0.1, 0.15) is 18.7 Å². The predicted octanol–water partition coefficient (Wildman–Crippen LogP) is 4.27. The number of rotatable bonds is 7. The highest BCUT2D eigenvalue weighted by Gasteiger charge is 2.37. The first-order valence-electron chi connectivity index (χ1n) is 11.4. The van der Waals surface area contributed by atoms with E-state index >= 15 is 0 Å². The second-order valence-electron chi connectivity index (χ2n) is 8.56. The number of hydrogen-bond acceptors (Lipinski definition) is 4. The first-order valence-corrected chi connectivity index (χ1v) is 12.1. The van der Waals surface area contributed by atoms with E-state index in [1.165, 1.54) is 4.90 Å². The van der Waals surface area contributed by atoms with Gasteiger partial charge in [-0.1, -0.05) is 83.9 Å². The molecular formula is C27H25Cl2N3O4. The molecule has 0 spiro atoms. The number of halogens is 2. The summed E-state index contributed by atoms with van der Waals surface area (Å²) >= 11 is 12.2. The maximum atomic E-state index is 13.4. The number of primary amides is 1. The van der Waals surface area contributed by atoms with Crippen molar-refractivity contribution < 1.29 is 19.1 Å². The zero-order valence-corrected chi connectivity index (χ0v) is 20.8. The van der Waals surface area contributed by atoms with Crippen molar-refractivity contribution in [1.82, 2.24) is 10.2 Å². The van der Waals surface area contributed by atoms with Gasteiger partial charge in [0.05, 0.1) is 6.54 Å². The average Bonchev–Trinajstić information content (AvgIpc) is 2.88. The molecular weight excluding hydrogens is 501 g/mol. The number of carbonyl (C=O) groups excluding carboxylic acids is 3. The Balaban J connectivity index is 1.52. The highest BCUT2D eigenvalue weighted by molar-refractivity contribution is 6.35. The highest BCUT2D eigenvalue weighted by Crippen LogP contribution is 2.26. The van der Waals surface area contributed by atoms with Crippen molar-refractivity contribution >= 4 is 41.1 Å². The molecule has 0 saturated heterocycles. The van der Waals surface area contributed by atoms with Crippen LogP contribution in [-0.2, 0) is 40.3 Å². The molecule has 0 unspecified atom stereocenters. The Morgan fingerprint density at radius 1 is 1.00 bits per heavy atom. The van der Waals surface area contributed by atoms with Gasteiger partial charge >= 0.3 is 6.09 Å². The molecule has 36 heavy (non-hydrogen) atoms. The number of nitrogens with zero attached hydrogens (tertiary/aromatic N) is 1. The van der Waals surface area contributed by atoms with Gasteiger partial charge in [-0.2, -0.15) is 0 Å². The Kier molecular flexibility index (Phi) is 8.13. The van der Waals surface area contributed by atoms with E-state index in [1.54, 1.807) is 18.2 Å². The molecule has 0 fully saturated rings. The lowest BCUT2D eigenvalue weighted by Gasteiger charge is -2.35. The second-order valence-corrected chi connectivity index (χ2v) is 9.40. The van der Waals surface area contributed by atoms with Crippen molar-refractivity contribution in [2.45, 2.75) is 38.1 Å². The molecule has 0 bridgehead atoms. The fraction of sp³-hybridized carbons (Fsp3) is 0.222. The topological polar surface area (TPSA) is 102 Å². The third kappa shape index (κ3) is 6.17. The molecule has 1 aliphatic rings. The van der Waals surface area contributed by atoms with Crippen molar-refractivity contribution in [3.05, 3.63) is 105 Å². The Morgan fingerprint density at radius 3 is 2.39 bits per heavy atom. The van der Waals surface area contributed by atoms with E-state index in [2.05, 4.69) is 5.32 Å². The number of nitrogens with one attached hydrogen (secondary N) is 1. The maximum Gasteiger partial charge on any atom is 0.411 e. The van der Waals surface area contributed by atoms with E-state index in [4.69, 9.17) is 33.7 Å². The van der Waals surface area contributed by atoms with E-state index in [1.807, 2.05) is 54.6 Å². The quantitative estimate of drug-likeness (QED) is 0.480. The lowest BCUT2D eigenvalue weighted by molar-refractivity contribution is -0.131. The monoisotopic (exact) mass is 525 g/mol. The summed E-state index contributed by atoms with van der Waals surface area (Å²) in [4.78, 5) is 40.1. The largest absolute Gasteiger partial charge is 0.445 e. The molecule has 3 amide bonds. The molecule has 186 valence electrons. The number of hydrogen-bond donors (Lipinski definition) is 2. The Labute approximate surface area is 219 Å². The number of amides is 3. The number of fused-ring (bicyclic) bond motifs is 1. The van der Waals surface area contributed by atoms with Crippen LogP contribution in [0.5, 0.6) is 0 Å². The Bertz CT molecular complexity index is 1270. The normalized spacial score (nSPS) is 15.5. The SMILES string of the molecule is NC(=O)[C@@H](Cc1ccc(Cl)cc1Cl)NC(=O)[C@@H]1Cc2ccccc2CN1C(=O)OCc1ccccc1. The summed E-state index contributed by atoms with van der Waals surface area (Å²) in [6.45, 7) is 0.275. The van der Waals surface area contributed by atoms with Crippen LogP contribution in [-0.4, -0.2) is 34.9 Å². The van der Waals surface area contributed by atoms with Crippen LogP contribution in [0.4, 0.5) is 4.79 Å². The molecule has 3 aromatic rings. The van der Waals surface area contributed by atoms with Crippen LogP contribution in [0.3, 0.4) is 0 Å². The van der Waals surface area contributed by atoms with Crippen molar-refractivity contribution in [3.63, 3.8) is 0 Å². The molecule has 3 N–H and O–H groups in total. The van der Waals surface area contributed by atoms with Gasteiger partial charge in [0.15, 0.2) is 0 Å². The van der Waals surface area contributed by atoms with E-state index in [0.29, 0.717) is 15.6 Å². The summed E-state index contributed by atoms with van der Waals surface area (Å²) in [6.07, 6.45) is -0.265. The van der Waals surface area contributed by atoms with Crippen molar-refractivity contribution in [2.24, 2.45) is 5.73 Å². The average molecular weight is 526 g/mol. The molecule has 1 heterocycles. The van der Waals surface area contributed by atoms with E-state index in [-0.39, 0.29) is 26.0 Å². The first kappa shape index (κ1) is 25.5. The van der Waals surface area contributed by atoms with Crippen LogP contribution in [0.2, 0.25) is 10.0 Å². The van der Waals surface area contributed by atoms with Crippen LogP contribution in [0.25, 0.3) is 0 Å². The van der Waals surface area contributed by atoms with E-state index < -0.39 is 30.0 Å². The zero-order chi connectivity index (χ0) is 25.7. The maximum absolute atomic E-state index is 13.4. The molecule has 0 radical (unpaired) electrons. The van der Waals surface area contributed by atoms with Gasteiger partial charge < -0.3 is 15.8 Å².